The Morgan fingerprint density at radius 1 is 1.00 bits per heavy atom. The molecule has 2 rings (SSSR count). The van der Waals surface area contributed by atoms with E-state index in [1.807, 2.05) is 11.8 Å². The van der Waals surface area contributed by atoms with Crippen LogP contribution in [0, 0.1) is 5.92 Å². The summed E-state index contributed by atoms with van der Waals surface area (Å²) in [5, 5.41) is 15.6. The predicted octanol–water partition coefficient (Wildman–Crippen LogP) is 2.60. The molecular formula is C15H26N2O3S. The summed E-state index contributed by atoms with van der Waals surface area (Å²) in [5.41, 5.74) is 0. The zero-order chi connectivity index (χ0) is 15.2. The lowest BCUT2D eigenvalue weighted by molar-refractivity contribution is -0.142. The minimum absolute atomic E-state index is 0.0836. The van der Waals surface area contributed by atoms with E-state index in [0.717, 1.165) is 19.3 Å². The zero-order valence-corrected chi connectivity index (χ0v) is 13.5. The highest BCUT2D eigenvalue weighted by Crippen LogP contribution is 2.27. The molecule has 2 saturated carbocycles. The Morgan fingerprint density at radius 2 is 1.67 bits per heavy atom. The molecule has 0 heterocycles. The minimum atomic E-state index is -0.706. The molecule has 0 aromatic heterocycles. The van der Waals surface area contributed by atoms with E-state index in [1.54, 1.807) is 0 Å². The van der Waals surface area contributed by atoms with Gasteiger partial charge in [0.2, 0.25) is 0 Å². The normalized spacial score (nSPS) is 33.2. The maximum Gasteiger partial charge on any atom is 0.315 e. The van der Waals surface area contributed by atoms with Crippen LogP contribution in [0.2, 0.25) is 0 Å². The minimum Gasteiger partial charge on any atom is -0.481 e. The van der Waals surface area contributed by atoms with Gasteiger partial charge in [-0.15, -0.1) is 0 Å². The van der Waals surface area contributed by atoms with Crippen molar-refractivity contribution in [1.82, 2.24) is 10.6 Å². The predicted molar refractivity (Wildman–Crippen MR) is 84.6 cm³/mol. The molecule has 0 radical (unpaired) electrons. The van der Waals surface area contributed by atoms with Crippen LogP contribution >= 0.6 is 11.8 Å². The third kappa shape index (κ3) is 4.80. The maximum absolute atomic E-state index is 12.1. The molecule has 2 atom stereocenters. The fourth-order valence-electron chi connectivity index (χ4n) is 3.42. The van der Waals surface area contributed by atoms with Crippen LogP contribution in [-0.2, 0) is 4.79 Å². The number of carboxylic acids is 1. The van der Waals surface area contributed by atoms with E-state index >= 15 is 0 Å². The third-order valence-electron chi connectivity index (χ3n) is 4.73. The molecule has 0 bridgehead atoms. The van der Waals surface area contributed by atoms with Crippen molar-refractivity contribution in [2.75, 3.05) is 6.26 Å². The average molecular weight is 314 g/mol. The standard InChI is InChI=1S/C15H26N2O3S/c1-21-13-5-3-2-4-12(13)17-15(20)16-11-8-6-10(7-9-11)14(18)19/h10-13H,2-9H2,1H3,(H,18,19)(H2,16,17,20). The maximum atomic E-state index is 12.1. The average Bonchev–Trinajstić information content (AvgIpc) is 2.48. The highest BCUT2D eigenvalue weighted by Gasteiger charge is 2.29. The molecule has 2 aliphatic rings. The van der Waals surface area contributed by atoms with E-state index in [1.165, 1.54) is 19.3 Å². The molecule has 0 saturated heterocycles. The number of thioether (sulfide) groups is 1. The molecule has 6 heteroatoms. The second-order valence-electron chi connectivity index (χ2n) is 6.17. The van der Waals surface area contributed by atoms with Gasteiger partial charge in [0.15, 0.2) is 0 Å². The van der Waals surface area contributed by atoms with Crippen molar-refractivity contribution < 1.29 is 14.7 Å². The molecule has 0 spiro atoms. The first-order valence-corrected chi connectivity index (χ1v) is 9.21. The number of aliphatic carboxylic acids is 1. The van der Waals surface area contributed by atoms with Gasteiger partial charge in [-0.25, -0.2) is 4.79 Å². The lowest BCUT2D eigenvalue weighted by Gasteiger charge is -2.32. The monoisotopic (exact) mass is 314 g/mol. The second kappa shape index (κ2) is 7.92. The molecular weight excluding hydrogens is 288 g/mol. The van der Waals surface area contributed by atoms with Crippen molar-refractivity contribution in [1.29, 1.82) is 0 Å². The summed E-state index contributed by atoms with van der Waals surface area (Å²) in [6.45, 7) is 0. The smallest absolute Gasteiger partial charge is 0.315 e. The largest absolute Gasteiger partial charge is 0.481 e. The van der Waals surface area contributed by atoms with Gasteiger partial charge >= 0.3 is 12.0 Å². The van der Waals surface area contributed by atoms with Crippen LogP contribution in [0.3, 0.4) is 0 Å². The van der Waals surface area contributed by atoms with Crippen molar-refractivity contribution in [3.63, 3.8) is 0 Å². The van der Waals surface area contributed by atoms with E-state index < -0.39 is 5.97 Å². The van der Waals surface area contributed by atoms with E-state index in [0.29, 0.717) is 18.1 Å². The number of hydrogen-bond acceptors (Lipinski definition) is 3. The van der Waals surface area contributed by atoms with E-state index in [9.17, 15) is 9.59 Å². The summed E-state index contributed by atoms with van der Waals surface area (Å²) in [6.07, 6.45) is 9.64. The molecule has 120 valence electrons. The summed E-state index contributed by atoms with van der Waals surface area (Å²) in [5.74, 6) is -0.937. The van der Waals surface area contributed by atoms with Crippen LogP contribution in [0.4, 0.5) is 4.79 Å². The fraction of sp³-hybridized carbons (Fsp3) is 0.867. The van der Waals surface area contributed by atoms with Crippen LogP contribution in [-0.4, -0.2) is 40.7 Å². The first kappa shape index (κ1) is 16.5. The quantitative estimate of drug-likeness (QED) is 0.745. The molecule has 2 aliphatic carbocycles. The van der Waals surface area contributed by atoms with Gasteiger partial charge in [0.05, 0.1) is 5.92 Å². The third-order valence-corrected chi connectivity index (χ3v) is 5.90. The summed E-state index contributed by atoms with van der Waals surface area (Å²) >= 11 is 1.84. The fourth-order valence-corrected chi connectivity index (χ4v) is 4.36. The summed E-state index contributed by atoms with van der Waals surface area (Å²) in [7, 11) is 0. The van der Waals surface area contributed by atoms with Gasteiger partial charge in [-0.3, -0.25) is 4.79 Å². The number of carbonyl (C=O) groups is 2. The first-order chi connectivity index (χ1) is 10.1. The molecule has 0 aromatic carbocycles. The number of hydrogen-bond donors (Lipinski definition) is 3. The highest BCUT2D eigenvalue weighted by molar-refractivity contribution is 7.99. The second-order valence-corrected chi connectivity index (χ2v) is 7.25. The Morgan fingerprint density at radius 3 is 2.29 bits per heavy atom. The number of carbonyl (C=O) groups excluding carboxylic acids is 1. The van der Waals surface area contributed by atoms with Gasteiger partial charge in [-0.05, 0) is 44.8 Å². The Bertz CT molecular complexity index is 370. The van der Waals surface area contributed by atoms with Crippen molar-refractivity contribution in [3.8, 4) is 0 Å². The van der Waals surface area contributed by atoms with Gasteiger partial charge in [0, 0.05) is 17.3 Å². The van der Waals surface area contributed by atoms with Crippen LogP contribution in [0.15, 0.2) is 0 Å². The molecule has 21 heavy (non-hydrogen) atoms. The van der Waals surface area contributed by atoms with E-state index in [2.05, 4.69) is 16.9 Å². The number of carboxylic acid groups (broad SMARTS) is 1. The summed E-state index contributed by atoms with van der Waals surface area (Å²) in [6, 6.07) is 0.306. The zero-order valence-electron chi connectivity index (χ0n) is 12.6. The first-order valence-electron chi connectivity index (χ1n) is 7.92. The van der Waals surface area contributed by atoms with Gasteiger partial charge in [-0.2, -0.15) is 11.8 Å². The van der Waals surface area contributed by atoms with Gasteiger partial charge in [-0.1, -0.05) is 12.8 Å². The van der Waals surface area contributed by atoms with Crippen LogP contribution < -0.4 is 10.6 Å². The van der Waals surface area contributed by atoms with Gasteiger partial charge in [0.25, 0.3) is 0 Å². The van der Waals surface area contributed by atoms with Crippen molar-refractivity contribution in [2.45, 2.75) is 68.7 Å². The summed E-state index contributed by atoms with van der Waals surface area (Å²) < 4.78 is 0. The van der Waals surface area contributed by atoms with Crippen LogP contribution in [0.1, 0.15) is 51.4 Å². The lowest BCUT2D eigenvalue weighted by Crippen LogP contribution is -2.51. The molecule has 2 amide bonds. The SMILES string of the molecule is CSC1CCCCC1NC(=O)NC1CCC(C(=O)O)CC1. The number of urea groups is 1. The van der Waals surface area contributed by atoms with Gasteiger partial charge < -0.3 is 15.7 Å². The van der Waals surface area contributed by atoms with Crippen LogP contribution in [0.25, 0.3) is 0 Å². The lowest BCUT2D eigenvalue weighted by atomic mass is 9.86. The Kier molecular flexibility index (Phi) is 6.21. The Labute approximate surface area is 130 Å². The number of amides is 2. The molecule has 0 aromatic rings. The molecule has 5 nitrogen and oxygen atoms in total. The molecule has 2 fully saturated rings. The number of nitrogens with one attached hydrogen (secondary N) is 2. The highest BCUT2D eigenvalue weighted by atomic mass is 32.2. The van der Waals surface area contributed by atoms with Crippen molar-refractivity contribution >= 4 is 23.8 Å². The summed E-state index contributed by atoms with van der Waals surface area (Å²) in [4.78, 5) is 23.0. The van der Waals surface area contributed by atoms with Crippen LogP contribution in [0.5, 0.6) is 0 Å². The Balaban J connectivity index is 1.73. The van der Waals surface area contributed by atoms with Crippen molar-refractivity contribution in [3.05, 3.63) is 0 Å². The van der Waals surface area contributed by atoms with Crippen molar-refractivity contribution in [2.24, 2.45) is 5.92 Å². The molecule has 0 aliphatic heterocycles. The number of rotatable bonds is 4. The van der Waals surface area contributed by atoms with Gasteiger partial charge in [0.1, 0.15) is 0 Å². The topological polar surface area (TPSA) is 78.4 Å². The van der Waals surface area contributed by atoms with E-state index in [4.69, 9.17) is 5.11 Å². The molecule has 2 unspecified atom stereocenters. The molecule has 3 N–H and O–H groups in total. The van der Waals surface area contributed by atoms with E-state index in [-0.39, 0.29) is 24.0 Å². The Hall–Kier alpha value is -0.910.